The van der Waals surface area contributed by atoms with Gasteiger partial charge in [0, 0.05) is 57.1 Å². The molecule has 0 aromatic carbocycles. The summed E-state index contributed by atoms with van der Waals surface area (Å²) < 4.78 is 5.39. The molecular formula is C20H34N4O5S2. The largest absolute Gasteiger partial charge is 0.368 e. The topological polar surface area (TPSA) is 118 Å². The first kappa shape index (κ1) is 23.6. The van der Waals surface area contributed by atoms with Crippen LogP contribution in [0.15, 0.2) is 12.2 Å². The number of nitrogens with zero attached hydrogens (tertiary/aromatic N) is 2. The van der Waals surface area contributed by atoms with Crippen molar-refractivity contribution in [3.63, 3.8) is 0 Å². The Labute approximate surface area is 191 Å². The summed E-state index contributed by atoms with van der Waals surface area (Å²) in [5.41, 5.74) is -0.188. The second-order valence-corrected chi connectivity index (χ2v) is 11.7. The molecule has 4 rings (SSSR count). The van der Waals surface area contributed by atoms with Crippen LogP contribution in [0.25, 0.3) is 0 Å². The summed E-state index contributed by atoms with van der Waals surface area (Å²) in [6.45, 7) is 2.95. The number of hydrogen-bond donors (Lipinski definition) is 5. The van der Waals surface area contributed by atoms with Gasteiger partial charge in [0.2, 0.25) is 6.41 Å². The molecule has 0 radical (unpaired) electrons. The van der Waals surface area contributed by atoms with Gasteiger partial charge in [-0.15, -0.1) is 23.5 Å². The van der Waals surface area contributed by atoms with Gasteiger partial charge in [-0.05, 0) is 25.0 Å². The van der Waals surface area contributed by atoms with Crippen molar-refractivity contribution in [2.45, 2.75) is 54.5 Å². The molecule has 0 bridgehead atoms. The van der Waals surface area contributed by atoms with Gasteiger partial charge in [-0.2, -0.15) is 0 Å². The van der Waals surface area contributed by atoms with Crippen molar-refractivity contribution in [1.82, 2.24) is 20.4 Å². The summed E-state index contributed by atoms with van der Waals surface area (Å²) in [6.07, 6.45) is 5.60. The van der Waals surface area contributed by atoms with Gasteiger partial charge in [-0.3, -0.25) is 10.2 Å². The molecule has 0 saturated carbocycles. The third kappa shape index (κ3) is 5.19. The van der Waals surface area contributed by atoms with Crippen molar-refractivity contribution in [3.05, 3.63) is 12.2 Å². The van der Waals surface area contributed by atoms with Crippen molar-refractivity contribution in [3.8, 4) is 0 Å². The van der Waals surface area contributed by atoms with Crippen LogP contribution < -0.4 is 10.6 Å². The van der Waals surface area contributed by atoms with Gasteiger partial charge in [-0.25, -0.2) is 4.79 Å². The van der Waals surface area contributed by atoms with Gasteiger partial charge >= 0.3 is 6.03 Å². The van der Waals surface area contributed by atoms with E-state index in [2.05, 4.69) is 22.8 Å². The molecule has 2 amide bonds. The summed E-state index contributed by atoms with van der Waals surface area (Å²) in [4.78, 5) is 17.2. The van der Waals surface area contributed by atoms with Crippen LogP contribution in [0, 0.1) is 11.3 Å². The molecule has 3 aliphatic heterocycles. The summed E-state index contributed by atoms with van der Waals surface area (Å²) in [5.74, 6) is 0.977. The van der Waals surface area contributed by atoms with E-state index in [9.17, 15) is 9.90 Å². The Bertz CT molecular complexity index is 671. The lowest BCUT2D eigenvalue weighted by atomic mass is 9.72. The van der Waals surface area contributed by atoms with Gasteiger partial charge in [0.15, 0.2) is 6.29 Å². The third-order valence-corrected chi connectivity index (χ3v) is 9.65. The molecule has 0 aromatic rings. The van der Waals surface area contributed by atoms with E-state index in [1.54, 1.807) is 23.5 Å². The summed E-state index contributed by atoms with van der Waals surface area (Å²) in [5, 5.41) is 34.6. The van der Waals surface area contributed by atoms with Gasteiger partial charge < -0.3 is 30.3 Å². The number of urea groups is 1. The number of carbonyl (C=O) groups is 1. The first-order valence-corrected chi connectivity index (χ1v) is 13.0. The fourth-order valence-electron chi connectivity index (χ4n) is 5.37. The number of allylic oxidation sites excluding steroid dienone is 1. The summed E-state index contributed by atoms with van der Waals surface area (Å²) in [6, 6.07) is 0.154. The summed E-state index contributed by atoms with van der Waals surface area (Å²) >= 11 is 3.35. The lowest BCUT2D eigenvalue weighted by Crippen LogP contribution is -2.49. The Morgan fingerprint density at radius 2 is 2.26 bits per heavy atom. The molecule has 6 unspecified atom stereocenters. The first-order chi connectivity index (χ1) is 14.9. The van der Waals surface area contributed by atoms with Gasteiger partial charge in [0.05, 0.1) is 4.58 Å². The molecule has 3 heterocycles. The maximum absolute atomic E-state index is 13.3. The monoisotopic (exact) mass is 474 g/mol. The number of nitrogens with one attached hydrogen (secondary N) is 2. The number of rotatable bonds is 7. The Morgan fingerprint density at radius 1 is 1.42 bits per heavy atom. The van der Waals surface area contributed by atoms with Crippen LogP contribution >= 0.6 is 23.5 Å². The highest BCUT2D eigenvalue weighted by Gasteiger charge is 2.56. The zero-order chi connectivity index (χ0) is 22.0. The number of likely N-dealkylation sites (tertiary alicyclic amines) is 2. The second kappa shape index (κ2) is 10.2. The van der Waals surface area contributed by atoms with Crippen LogP contribution in [-0.4, -0.2) is 99.0 Å². The zero-order valence-corrected chi connectivity index (χ0v) is 19.5. The molecule has 4 aliphatic rings. The lowest BCUT2D eigenvalue weighted by Gasteiger charge is -2.33. The number of aliphatic hydroxyl groups is 3. The Hall–Kier alpha value is -0.530. The molecule has 11 heteroatoms. The predicted molar refractivity (Wildman–Crippen MR) is 121 cm³/mol. The first-order valence-electron chi connectivity index (χ1n) is 11.0. The number of thioether (sulfide) groups is 2. The highest BCUT2D eigenvalue weighted by Crippen LogP contribution is 2.50. The molecule has 176 valence electrons. The number of methoxy groups -OCH3 is 1. The van der Waals surface area contributed by atoms with Gasteiger partial charge in [0.1, 0.15) is 5.50 Å². The van der Waals surface area contributed by atoms with Crippen molar-refractivity contribution < 1.29 is 24.9 Å². The van der Waals surface area contributed by atoms with Crippen LogP contribution in [0.1, 0.15) is 25.7 Å². The number of amides is 2. The minimum absolute atomic E-state index is 0.0330. The fraction of sp³-hybridized carbons (Fsp3) is 0.850. The normalized spacial score (nSPS) is 36.5. The average Bonchev–Trinajstić information content (AvgIpc) is 3.46. The smallest absolute Gasteiger partial charge is 0.319 e. The molecule has 3 saturated heterocycles. The Morgan fingerprint density at radius 3 is 3.03 bits per heavy atom. The molecule has 5 N–H and O–H groups in total. The number of aliphatic hydroxyl groups excluding tert-OH is 2. The van der Waals surface area contributed by atoms with Gasteiger partial charge in [-0.1, -0.05) is 12.2 Å². The number of hydrogen-bond acceptors (Lipinski definition) is 9. The highest BCUT2D eigenvalue weighted by molar-refractivity contribution is 8.17. The van der Waals surface area contributed by atoms with E-state index in [-0.39, 0.29) is 27.6 Å². The minimum atomic E-state index is -1.26. The minimum Gasteiger partial charge on any atom is -0.368 e. The number of fused-ring (bicyclic) bond motifs is 2. The predicted octanol–water partition coefficient (Wildman–Crippen LogP) is 0.341. The van der Waals surface area contributed by atoms with E-state index in [0.717, 1.165) is 38.9 Å². The highest BCUT2D eigenvalue weighted by atomic mass is 32.2. The molecular weight excluding hydrogens is 440 g/mol. The molecule has 3 fully saturated rings. The Balaban J connectivity index is 1.35. The molecule has 1 spiro atoms. The van der Waals surface area contributed by atoms with E-state index in [4.69, 9.17) is 14.9 Å². The van der Waals surface area contributed by atoms with Crippen molar-refractivity contribution in [2.24, 2.45) is 11.3 Å². The average molecular weight is 475 g/mol. The quantitative estimate of drug-likeness (QED) is 0.263. The Kier molecular flexibility index (Phi) is 7.75. The molecule has 31 heavy (non-hydrogen) atoms. The van der Waals surface area contributed by atoms with E-state index >= 15 is 0 Å². The lowest BCUT2D eigenvalue weighted by molar-refractivity contribution is -0.171. The van der Waals surface area contributed by atoms with E-state index in [1.165, 1.54) is 7.11 Å². The standard InChI is InChI=1S/C20H34N4O5S2/c1-29-19(28)23-8-7-20(11-23)12-24(14-5-3-2-4-13(14)20)18(27)22-17-21-10-16(31-17)30-9-6-15(25)26/h2,4,13-17,19,21,25-26,28H,3,5-12H2,1H3,(H,22,27). The maximum atomic E-state index is 13.3. The van der Waals surface area contributed by atoms with Crippen LogP contribution in [0.4, 0.5) is 4.79 Å². The van der Waals surface area contributed by atoms with Crippen LogP contribution in [0.5, 0.6) is 0 Å². The van der Waals surface area contributed by atoms with Crippen LogP contribution in [-0.2, 0) is 4.74 Å². The van der Waals surface area contributed by atoms with Crippen LogP contribution in [0.3, 0.4) is 0 Å². The molecule has 1 aliphatic carbocycles. The molecule has 9 nitrogen and oxygen atoms in total. The van der Waals surface area contributed by atoms with Crippen molar-refractivity contribution in [1.29, 1.82) is 0 Å². The number of carbonyl (C=O) groups excluding carboxylic acids is 1. The SMILES string of the molecule is COC(O)N1CCC2(C1)CN(C(=O)NC1NCC(SCCC(O)O)S1)C1CCC=CC12. The molecule has 0 aromatic heterocycles. The third-order valence-electron chi connectivity index (χ3n) is 6.87. The fourth-order valence-corrected chi connectivity index (χ4v) is 7.98. The van der Waals surface area contributed by atoms with Crippen molar-refractivity contribution >= 4 is 29.6 Å². The van der Waals surface area contributed by atoms with Crippen molar-refractivity contribution in [2.75, 3.05) is 39.0 Å². The maximum Gasteiger partial charge on any atom is 0.319 e. The van der Waals surface area contributed by atoms with E-state index < -0.39 is 12.7 Å². The van der Waals surface area contributed by atoms with Gasteiger partial charge in [0.25, 0.3) is 0 Å². The van der Waals surface area contributed by atoms with E-state index in [1.807, 2.05) is 9.80 Å². The number of ether oxygens (including phenoxy) is 1. The second-order valence-electron chi connectivity index (χ2n) is 8.81. The molecule has 6 atom stereocenters. The van der Waals surface area contributed by atoms with Crippen LogP contribution in [0.2, 0.25) is 0 Å². The zero-order valence-electron chi connectivity index (χ0n) is 17.9. The van der Waals surface area contributed by atoms with E-state index in [0.29, 0.717) is 24.6 Å². The summed E-state index contributed by atoms with van der Waals surface area (Å²) in [7, 11) is 1.51.